The standard InChI is InChI=1S/C23H25N5O4S2/c1-31-18-8-5-9-19(14-18)32-15-21(30)27-10-12-28(13-11-27)22-25-26-23(34-22)33-16-20(29)24-17-6-3-2-4-7-17/h2-9,14H,10-13,15-16H2,1H3,(H,24,29). The van der Waals surface area contributed by atoms with Gasteiger partial charge in [0.15, 0.2) is 10.9 Å². The molecule has 0 unspecified atom stereocenters. The van der Waals surface area contributed by atoms with E-state index in [0.29, 0.717) is 37.7 Å². The van der Waals surface area contributed by atoms with Gasteiger partial charge in [-0.1, -0.05) is 47.4 Å². The fourth-order valence-electron chi connectivity index (χ4n) is 3.31. The third kappa shape index (κ3) is 6.61. The molecule has 1 aliphatic heterocycles. The van der Waals surface area contributed by atoms with Gasteiger partial charge in [-0.3, -0.25) is 9.59 Å². The van der Waals surface area contributed by atoms with Crippen LogP contribution in [0.3, 0.4) is 0 Å². The first-order valence-corrected chi connectivity index (χ1v) is 12.5. The van der Waals surface area contributed by atoms with Gasteiger partial charge in [-0.2, -0.15) is 0 Å². The second-order valence-electron chi connectivity index (χ2n) is 7.39. The van der Waals surface area contributed by atoms with Crippen molar-refractivity contribution in [2.75, 3.05) is 55.9 Å². The van der Waals surface area contributed by atoms with E-state index < -0.39 is 0 Å². The van der Waals surface area contributed by atoms with Crippen molar-refractivity contribution in [3.8, 4) is 11.5 Å². The summed E-state index contributed by atoms with van der Waals surface area (Å²) < 4.78 is 11.5. The number of carbonyl (C=O) groups excluding carboxylic acids is 2. The van der Waals surface area contributed by atoms with Crippen LogP contribution in [-0.4, -0.2) is 72.6 Å². The second kappa shape index (κ2) is 11.7. The largest absolute Gasteiger partial charge is 0.497 e. The van der Waals surface area contributed by atoms with Crippen LogP contribution in [-0.2, 0) is 9.59 Å². The van der Waals surface area contributed by atoms with Gasteiger partial charge in [0.2, 0.25) is 11.0 Å². The number of piperazine rings is 1. The van der Waals surface area contributed by atoms with Crippen LogP contribution in [0.4, 0.5) is 10.8 Å². The van der Waals surface area contributed by atoms with E-state index in [1.165, 1.54) is 23.1 Å². The quantitative estimate of drug-likeness (QED) is 0.449. The molecule has 0 aliphatic carbocycles. The number of para-hydroxylation sites is 1. The Bertz CT molecular complexity index is 1100. The number of thioether (sulfide) groups is 1. The molecule has 4 rings (SSSR count). The van der Waals surface area contributed by atoms with Gasteiger partial charge < -0.3 is 24.6 Å². The molecule has 9 nitrogen and oxygen atoms in total. The molecule has 0 bridgehead atoms. The number of ether oxygens (including phenoxy) is 2. The smallest absolute Gasteiger partial charge is 0.260 e. The van der Waals surface area contributed by atoms with E-state index in [1.54, 1.807) is 24.1 Å². The molecule has 1 aliphatic rings. The van der Waals surface area contributed by atoms with Crippen LogP contribution in [0.25, 0.3) is 0 Å². The van der Waals surface area contributed by atoms with E-state index in [1.807, 2.05) is 42.5 Å². The monoisotopic (exact) mass is 499 g/mol. The van der Waals surface area contributed by atoms with E-state index in [-0.39, 0.29) is 24.2 Å². The summed E-state index contributed by atoms with van der Waals surface area (Å²) in [5, 5.41) is 12.1. The fraction of sp³-hybridized carbons (Fsp3) is 0.304. The molecule has 2 heterocycles. The van der Waals surface area contributed by atoms with Crippen LogP contribution in [0.1, 0.15) is 0 Å². The van der Waals surface area contributed by atoms with Crippen LogP contribution in [0.2, 0.25) is 0 Å². The molecular formula is C23H25N5O4S2. The van der Waals surface area contributed by atoms with Crippen molar-refractivity contribution in [2.24, 2.45) is 0 Å². The van der Waals surface area contributed by atoms with Crippen molar-refractivity contribution in [1.82, 2.24) is 15.1 Å². The van der Waals surface area contributed by atoms with E-state index in [2.05, 4.69) is 20.4 Å². The van der Waals surface area contributed by atoms with Crippen molar-refractivity contribution >= 4 is 45.7 Å². The molecule has 0 saturated carbocycles. The first kappa shape index (κ1) is 23.8. The fourth-order valence-corrected chi connectivity index (χ4v) is 5.00. The van der Waals surface area contributed by atoms with Crippen molar-refractivity contribution < 1.29 is 19.1 Å². The molecule has 1 aromatic heterocycles. The highest BCUT2D eigenvalue weighted by Gasteiger charge is 2.24. The van der Waals surface area contributed by atoms with Crippen molar-refractivity contribution in [2.45, 2.75) is 4.34 Å². The van der Waals surface area contributed by atoms with E-state index >= 15 is 0 Å². The zero-order chi connectivity index (χ0) is 23.8. The van der Waals surface area contributed by atoms with Crippen LogP contribution in [0.5, 0.6) is 11.5 Å². The number of amides is 2. The topological polar surface area (TPSA) is 96.9 Å². The number of hydrogen-bond donors (Lipinski definition) is 1. The Hall–Kier alpha value is -3.31. The van der Waals surface area contributed by atoms with Gasteiger partial charge in [0, 0.05) is 37.9 Å². The maximum Gasteiger partial charge on any atom is 0.260 e. The molecule has 34 heavy (non-hydrogen) atoms. The molecule has 178 valence electrons. The van der Waals surface area contributed by atoms with Gasteiger partial charge in [0.25, 0.3) is 5.91 Å². The van der Waals surface area contributed by atoms with Crippen LogP contribution < -0.4 is 19.7 Å². The third-order valence-electron chi connectivity index (χ3n) is 5.09. The number of carbonyl (C=O) groups is 2. The third-order valence-corrected chi connectivity index (χ3v) is 7.20. The summed E-state index contributed by atoms with van der Waals surface area (Å²) in [7, 11) is 1.59. The van der Waals surface area contributed by atoms with Gasteiger partial charge in [-0.25, -0.2) is 0 Å². The van der Waals surface area contributed by atoms with Crippen molar-refractivity contribution in [3.63, 3.8) is 0 Å². The Kier molecular flexibility index (Phi) is 8.21. The maximum atomic E-state index is 12.5. The Morgan fingerprint density at radius 3 is 2.56 bits per heavy atom. The Morgan fingerprint density at radius 2 is 1.79 bits per heavy atom. The highest BCUT2D eigenvalue weighted by atomic mass is 32.2. The predicted molar refractivity (Wildman–Crippen MR) is 133 cm³/mol. The van der Waals surface area contributed by atoms with Gasteiger partial charge >= 0.3 is 0 Å². The Morgan fingerprint density at radius 1 is 1.03 bits per heavy atom. The van der Waals surface area contributed by atoms with E-state index in [4.69, 9.17) is 9.47 Å². The zero-order valence-corrected chi connectivity index (χ0v) is 20.3. The lowest BCUT2D eigenvalue weighted by molar-refractivity contribution is -0.133. The SMILES string of the molecule is COc1cccc(OCC(=O)N2CCN(c3nnc(SCC(=O)Nc4ccccc4)s3)CC2)c1. The van der Waals surface area contributed by atoms with Gasteiger partial charge in [0.1, 0.15) is 11.5 Å². The molecule has 2 amide bonds. The highest BCUT2D eigenvalue weighted by molar-refractivity contribution is 8.01. The molecule has 0 atom stereocenters. The summed E-state index contributed by atoms with van der Waals surface area (Å²) in [6, 6.07) is 16.5. The first-order valence-electron chi connectivity index (χ1n) is 10.7. The average molecular weight is 500 g/mol. The summed E-state index contributed by atoms with van der Waals surface area (Å²) in [5.74, 6) is 1.41. The minimum atomic E-state index is -0.0868. The number of methoxy groups -OCH3 is 1. The molecule has 11 heteroatoms. The van der Waals surface area contributed by atoms with Crippen LogP contribution in [0, 0.1) is 0 Å². The van der Waals surface area contributed by atoms with Crippen molar-refractivity contribution in [3.05, 3.63) is 54.6 Å². The lowest BCUT2D eigenvalue weighted by atomic mass is 10.3. The molecular weight excluding hydrogens is 474 g/mol. The van der Waals surface area contributed by atoms with Crippen molar-refractivity contribution in [1.29, 1.82) is 0 Å². The molecule has 2 aromatic carbocycles. The lowest BCUT2D eigenvalue weighted by Gasteiger charge is -2.34. The summed E-state index contributed by atoms with van der Waals surface area (Å²) >= 11 is 2.82. The number of rotatable bonds is 9. The number of benzene rings is 2. The molecule has 3 aromatic rings. The van der Waals surface area contributed by atoms with Crippen LogP contribution >= 0.6 is 23.1 Å². The van der Waals surface area contributed by atoms with Gasteiger partial charge in [-0.05, 0) is 24.3 Å². The minimum Gasteiger partial charge on any atom is -0.497 e. The number of nitrogens with zero attached hydrogens (tertiary/aromatic N) is 4. The Labute approximate surface area is 206 Å². The summed E-state index contributed by atoms with van der Waals surface area (Å²) in [6.45, 7) is 2.48. The second-order valence-corrected chi connectivity index (χ2v) is 9.57. The van der Waals surface area contributed by atoms with Gasteiger partial charge in [-0.15, -0.1) is 10.2 Å². The molecule has 1 saturated heterocycles. The average Bonchev–Trinajstić information content (AvgIpc) is 3.36. The molecule has 1 N–H and O–H groups in total. The maximum absolute atomic E-state index is 12.5. The molecule has 1 fully saturated rings. The number of nitrogens with one attached hydrogen (secondary N) is 1. The summed E-state index contributed by atoms with van der Waals surface area (Å²) in [6.07, 6.45) is 0. The lowest BCUT2D eigenvalue weighted by Crippen LogP contribution is -2.50. The molecule has 0 radical (unpaired) electrons. The summed E-state index contributed by atoms with van der Waals surface area (Å²) in [5.41, 5.74) is 0.771. The number of aromatic nitrogens is 2. The highest BCUT2D eigenvalue weighted by Crippen LogP contribution is 2.28. The normalized spacial score (nSPS) is 13.4. The first-order chi connectivity index (χ1) is 16.6. The number of anilines is 2. The molecule has 0 spiro atoms. The minimum absolute atomic E-state index is 0.0161. The van der Waals surface area contributed by atoms with E-state index in [0.717, 1.165) is 15.2 Å². The Balaban J connectivity index is 1.20. The zero-order valence-electron chi connectivity index (χ0n) is 18.7. The van der Waals surface area contributed by atoms with Gasteiger partial charge in [0.05, 0.1) is 12.9 Å². The van der Waals surface area contributed by atoms with Crippen LogP contribution in [0.15, 0.2) is 58.9 Å². The predicted octanol–water partition coefficient (Wildman–Crippen LogP) is 3.01. The summed E-state index contributed by atoms with van der Waals surface area (Å²) in [4.78, 5) is 28.6. The van der Waals surface area contributed by atoms with E-state index in [9.17, 15) is 9.59 Å². The number of hydrogen-bond acceptors (Lipinski definition) is 9.